The largest absolute Gasteiger partial charge is 0.318 e. The number of nitrogens with one attached hydrogen (secondary N) is 1. The van der Waals surface area contributed by atoms with Gasteiger partial charge in [0.2, 0.25) is 0 Å². The third-order valence-corrected chi connectivity index (χ3v) is 0.772. The Morgan fingerprint density at radius 2 is 2.18 bits per heavy atom. The fourth-order valence-corrected chi connectivity index (χ4v) is 0.354. The molecule has 0 aromatic heterocycles. The van der Waals surface area contributed by atoms with Crippen LogP contribution in [0.4, 0.5) is 0 Å². The molecular weight excluding hydrogens is 176 g/mol. The smallest absolute Gasteiger partial charge is 0.299 e. The molecule has 0 aromatic carbocycles. The molecule has 5 N–H and O–H groups in total. The molecule has 1 heterocycles. The van der Waals surface area contributed by atoms with E-state index in [9.17, 15) is 4.79 Å². The molecule has 0 spiro atoms. The van der Waals surface area contributed by atoms with E-state index in [-0.39, 0.29) is 5.91 Å². The summed E-state index contributed by atoms with van der Waals surface area (Å²) in [7, 11) is 0. The molecule has 7 nitrogen and oxygen atoms in total. The van der Waals surface area contributed by atoms with E-state index in [1.807, 2.05) is 0 Å². The number of nitrogens with two attached hydrogens (primary N) is 1. The van der Waals surface area contributed by atoms with Gasteiger partial charge in [-0.1, -0.05) is 0 Å². The molecule has 0 radical (unpaired) electrons. The van der Waals surface area contributed by atoms with E-state index in [0.29, 0.717) is 6.61 Å². The van der Waals surface area contributed by atoms with Crippen molar-refractivity contribution in [1.29, 1.82) is 0 Å². The maximum absolute atomic E-state index is 10.2. The monoisotopic (exact) mass is 184 g/mol. The summed E-state index contributed by atoms with van der Waals surface area (Å²) in [4.78, 5) is 14.7. The summed E-state index contributed by atoms with van der Waals surface area (Å²) >= 11 is -2.61. The summed E-state index contributed by atoms with van der Waals surface area (Å²) in [5, 5.41) is 0. The molecule has 66 valence electrons. The molecule has 0 saturated carbocycles. The summed E-state index contributed by atoms with van der Waals surface area (Å²) < 4.78 is 22.8. The van der Waals surface area contributed by atoms with Gasteiger partial charge in [-0.3, -0.25) is 18.7 Å². The van der Waals surface area contributed by atoms with Crippen LogP contribution in [0.15, 0.2) is 0 Å². The van der Waals surface area contributed by atoms with Crippen molar-refractivity contribution in [3.8, 4) is 0 Å². The van der Waals surface area contributed by atoms with Gasteiger partial charge in [-0.15, -0.1) is 0 Å². The summed E-state index contributed by atoms with van der Waals surface area (Å²) in [6, 6.07) is -0.458. The van der Waals surface area contributed by atoms with Crippen LogP contribution in [0.1, 0.15) is 0 Å². The number of amides is 1. The van der Waals surface area contributed by atoms with E-state index in [2.05, 4.69) is 10.3 Å². The highest BCUT2D eigenvalue weighted by Gasteiger charge is 2.19. The first kappa shape index (κ1) is 10.5. The van der Waals surface area contributed by atoms with Crippen molar-refractivity contribution in [2.45, 2.75) is 6.04 Å². The predicted octanol–water partition coefficient (Wildman–Crippen LogP) is -1.94. The highest BCUT2D eigenvalue weighted by Crippen LogP contribution is 1.87. The van der Waals surface area contributed by atoms with E-state index >= 15 is 0 Å². The number of carbonyl (C=O) groups excluding carboxylic acids is 1. The zero-order chi connectivity index (χ0) is 8.85. The van der Waals surface area contributed by atoms with Gasteiger partial charge >= 0.3 is 0 Å². The SMILES string of the molecule is N[C@@H]1CONC1=O.O=S(O)O. The number of carbonyl (C=O) groups is 1. The Bertz CT molecular complexity index is 158. The number of hydrogen-bond acceptors (Lipinski definition) is 4. The lowest BCUT2D eigenvalue weighted by Gasteiger charge is -1.87. The second-order valence-corrected chi connectivity index (χ2v) is 2.08. The minimum absolute atomic E-state index is 0.236. The molecule has 8 heteroatoms. The topological polar surface area (TPSA) is 122 Å². The van der Waals surface area contributed by atoms with Crippen LogP contribution in [0.5, 0.6) is 0 Å². The van der Waals surface area contributed by atoms with E-state index < -0.39 is 17.4 Å². The van der Waals surface area contributed by atoms with Crippen LogP contribution in [0.2, 0.25) is 0 Å². The van der Waals surface area contributed by atoms with Gasteiger partial charge in [0.1, 0.15) is 6.04 Å². The van der Waals surface area contributed by atoms with Gasteiger partial charge in [0.25, 0.3) is 17.3 Å². The molecule has 1 aliphatic heterocycles. The van der Waals surface area contributed by atoms with Crippen molar-refractivity contribution in [3.05, 3.63) is 0 Å². The Morgan fingerprint density at radius 3 is 2.27 bits per heavy atom. The van der Waals surface area contributed by atoms with Crippen molar-refractivity contribution >= 4 is 17.3 Å². The zero-order valence-electron chi connectivity index (χ0n) is 5.39. The molecule has 0 aromatic rings. The lowest BCUT2D eigenvalue weighted by Crippen LogP contribution is -2.31. The predicted molar refractivity (Wildman–Crippen MR) is 35.5 cm³/mol. The number of rotatable bonds is 0. The Labute approximate surface area is 65.0 Å². The minimum atomic E-state index is -2.61. The van der Waals surface area contributed by atoms with E-state index in [4.69, 9.17) is 19.0 Å². The van der Waals surface area contributed by atoms with Crippen LogP contribution in [-0.2, 0) is 21.0 Å². The molecule has 0 aliphatic carbocycles. The molecule has 0 bridgehead atoms. The third-order valence-electron chi connectivity index (χ3n) is 0.772. The van der Waals surface area contributed by atoms with E-state index in [1.54, 1.807) is 0 Å². The quantitative estimate of drug-likeness (QED) is 0.325. The number of hydroxylamine groups is 1. The van der Waals surface area contributed by atoms with Crippen LogP contribution < -0.4 is 11.2 Å². The lowest BCUT2D eigenvalue weighted by molar-refractivity contribution is -0.124. The molecule has 1 fully saturated rings. The summed E-state index contributed by atoms with van der Waals surface area (Å²) in [5.74, 6) is -0.236. The highest BCUT2D eigenvalue weighted by atomic mass is 32.2. The van der Waals surface area contributed by atoms with E-state index in [1.165, 1.54) is 0 Å². The van der Waals surface area contributed by atoms with Crippen molar-refractivity contribution in [3.63, 3.8) is 0 Å². The lowest BCUT2D eigenvalue weighted by atomic mass is 10.3. The molecule has 11 heavy (non-hydrogen) atoms. The van der Waals surface area contributed by atoms with Crippen molar-refractivity contribution in [2.24, 2.45) is 5.73 Å². The minimum Gasteiger partial charge on any atom is -0.318 e. The molecule has 1 atom stereocenters. The van der Waals surface area contributed by atoms with Gasteiger partial charge in [0.05, 0.1) is 6.61 Å². The fourth-order valence-electron chi connectivity index (χ4n) is 0.354. The van der Waals surface area contributed by atoms with Crippen LogP contribution in [0, 0.1) is 0 Å². The summed E-state index contributed by atoms with van der Waals surface area (Å²) in [6.45, 7) is 0.291. The van der Waals surface area contributed by atoms with Crippen LogP contribution in [-0.4, -0.2) is 31.9 Å². The first-order valence-corrected chi connectivity index (χ1v) is 3.57. The fraction of sp³-hybridized carbons (Fsp3) is 0.667. The number of hydrogen-bond donors (Lipinski definition) is 4. The summed E-state index contributed by atoms with van der Waals surface area (Å²) in [6.07, 6.45) is 0. The first-order chi connectivity index (χ1) is 5.04. The molecule has 1 aliphatic rings. The standard InChI is InChI=1S/C3H6N2O2.H2O3S/c4-2-1-7-5-3(2)6;1-4(2)3/h2H,1,4H2,(H,5,6);(H2,1,2,3)/t2-;/m1./s1. The zero-order valence-corrected chi connectivity index (χ0v) is 6.21. The molecule has 1 amide bonds. The van der Waals surface area contributed by atoms with Gasteiger partial charge in [-0.25, -0.2) is 5.48 Å². The highest BCUT2D eigenvalue weighted by molar-refractivity contribution is 7.73. The van der Waals surface area contributed by atoms with Gasteiger partial charge < -0.3 is 5.73 Å². The van der Waals surface area contributed by atoms with Crippen molar-refractivity contribution in [1.82, 2.24) is 5.48 Å². The van der Waals surface area contributed by atoms with Crippen molar-refractivity contribution in [2.75, 3.05) is 6.61 Å². The average molecular weight is 184 g/mol. The molecular formula is C3H8N2O5S. The first-order valence-electron chi connectivity index (χ1n) is 2.51. The Balaban J connectivity index is 0.000000218. The Kier molecular flexibility index (Phi) is 4.90. The van der Waals surface area contributed by atoms with Gasteiger partial charge in [-0.2, -0.15) is 4.21 Å². The van der Waals surface area contributed by atoms with Gasteiger partial charge in [-0.05, 0) is 0 Å². The second-order valence-electron chi connectivity index (χ2n) is 1.61. The molecule has 0 unspecified atom stereocenters. The summed E-state index contributed by atoms with van der Waals surface area (Å²) in [5.41, 5.74) is 7.25. The van der Waals surface area contributed by atoms with Crippen LogP contribution in [0.3, 0.4) is 0 Å². The molecule has 1 rings (SSSR count). The van der Waals surface area contributed by atoms with E-state index in [0.717, 1.165) is 0 Å². The Morgan fingerprint density at radius 1 is 1.73 bits per heavy atom. The van der Waals surface area contributed by atoms with Crippen LogP contribution >= 0.6 is 0 Å². The van der Waals surface area contributed by atoms with Gasteiger partial charge in [0, 0.05) is 0 Å². The third kappa shape index (κ3) is 5.88. The second kappa shape index (κ2) is 5.16. The van der Waals surface area contributed by atoms with Crippen LogP contribution in [0.25, 0.3) is 0 Å². The average Bonchev–Trinajstić information content (AvgIpc) is 2.15. The maximum Gasteiger partial charge on any atom is 0.299 e. The van der Waals surface area contributed by atoms with Gasteiger partial charge in [0.15, 0.2) is 0 Å². The normalized spacial score (nSPS) is 22.5. The molecule has 1 saturated heterocycles. The Hall–Kier alpha value is -0.540. The van der Waals surface area contributed by atoms with Crippen molar-refractivity contribution < 1.29 is 22.9 Å². The maximum atomic E-state index is 10.2.